The minimum absolute atomic E-state index is 0.112. The normalized spacial score (nSPS) is 24.0. The van der Waals surface area contributed by atoms with Crippen LogP contribution >= 0.6 is 0 Å². The molecule has 1 N–H and O–H groups in total. The van der Waals surface area contributed by atoms with Gasteiger partial charge in [-0.2, -0.15) is 4.31 Å². The average molecular weight is 395 g/mol. The van der Waals surface area contributed by atoms with E-state index in [0.29, 0.717) is 25.2 Å². The molecule has 2 aliphatic rings. The number of carbonyl (C=O) groups excluding carboxylic acids is 1. The Morgan fingerprint density at radius 1 is 1.30 bits per heavy atom. The number of imidazole rings is 1. The van der Waals surface area contributed by atoms with Gasteiger partial charge in [-0.1, -0.05) is 5.16 Å². The number of sulfonamides is 1. The molecule has 1 unspecified atom stereocenters. The van der Waals surface area contributed by atoms with Gasteiger partial charge in [0.25, 0.3) is 5.91 Å². The van der Waals surface area contributed by atoms with Gasteiger partial charge >= 0.3 is 0 Å². The van der Waals surface area contributed by atoms with Crippen LogP contribution in [0.4, 0.5) is 0 Å². The van der Waals surface area contributed by atoms with Crippen LogP contribution in [-0.2, 0) is 14.8 Å². The van der Waals surface area contributed by atoms with Crippen molar-refractivity contribution in [1.29, 1.82) is 0 Å². The van der Waals surface area contributed by atoms with Gasteiger partial charge in [0, 0.05) is 32.0 Å². The van der Waals surface area contributed by atoms with Crippen LogP contribution in [0.2, 0.25) is 0 Å². The van der Waals surface area contributed by atoms with E-state index < -0.39 is 15.6 Å². The van der Waals surface area contributed by atoms with E-state index in [-0.39, 0.29) is 42.1 Å². The molecule has 0 saturated carbocycles. The van der Waals surface area contributed by atoms with E-state index in [0.717, 1.165) is 0 Å². The van der Waals surface area contributed by atoms with Gasteiger partial charge < -0.3 is 19.1 Å². The number of amides is 1. The lowest BCUT2D eigenvalue weighted by molar-refractivity contribution is -0.0797. The zero-order valence-corrected chi connectivity index (χ0v) is 16.0. The number of aryl methyl sites for hydroxylation is 2. The van der Waals surface area contributed by atoms with Crippen molar-refractivity contribution >= 4 is 15.9 Å². The average Bonchev–Trinajstić information content (AvgIpc) is 3.36. The molecule has 2 aromatic rings. The molecule has 1 amide bonds. The summed E-state index contributed by atoms with van der Waals surface area (Å²) in [6.45, 7) is 4.70. The number of rotatable bonds is 3. The van der Waals surface area contributed by atoms with E-state index in [2.05, 4.69) is 15.1 Å². The predicted molar refractivity (Wildman–Crippen MR) is 92.5 cm³/mol. The number of H-pyrrole nitrogens is 1. The molecule has 1 atom stereocenters. The summed E-state index contributed by atoms with van der Waals surface area (Å²) in [6, 6.07) is 0. The number of ether oxygens (including phenoxy) is 1. The summed E-state index contributed by atoms with van der Waals surface area (Å²) in [5.74, 6) is 0.323. The van der Waals surface area contributed by atoms with Crippen LogP contribution in [0.1, 0.15) is 28.5 Å². The van der Waals surface area contributed by atoms with E-state index in [1.54, 1.807) is 24.9 Å². The molecular formula is C16H21N5O5S. The molecule has 0 bridgehead atoms. The van der Waals surface area contributed by atoms with Gasteiger partial charge in [0.05, 0.1) is 13.2 Å². The molecular weight excluding hydrogens is 374 g/mol. The Bertz CT molecular complexity index is 935. The highest BCUT2D eigenvalue weighted by Gasteiger charge is 2.48. The number of aromatic nitrogens is 3. The smallest absolute Gasteiger partial charge is 0.289 e. The molecule has 10 nitrogen and oxygen atoms in total. The lowest BCUT2D eigenvalue weighted by Crippen LogP contribution is -2.55. The van der Waals surface area contributed by atoms with E-state index >= 15 is 0 Å². The van der Waals surface area contributed by atoms with Crippen LogP contribution in [0.15, 0.2) is 21.8 Å². The van der Waals surface area contributed by atoms with Gasteiger partial charge in [0.15, 0.2) is 11.6 Å². The van der Waals surface area contributed by atoms with Crippen molar-refractivity contribution in [3.63, 3.8) is 0 Å². The van der Waals surface area contributed by atoms with Crippen LogP contribution in [-0.4, -0.2) is 77.0 Å². The number of morpholine rings is 1. The van der Waals surface area contributed by atoms with Gasteiger partial charge in [-0.3, -0.25) is 4.79 Å². The van der Waals surface area contributed by atoms with Gasteiger partial charge in [-0.05, 0) is 20.3 Å². The number of nitrogens with zero attached hydrogens (tertiary/aromatic N) is 4. The molecule has 1 spiro atoms. The highest BCUT2D eigenvalue weighted by molar-refractivity contribution is 7.89. The van der Waals surface area contributed by atoms with Crippen molar-refractivity contribution in [1.82, 2.24) is 24.3 Å². The maximum absolute atomic E-state index is 13.1. The number of hydrogen-bond donors (Lipinski definition) is 1. The molecule has 146 valence electrons. The van der Waals surface area contributed by atoms with Crippen molar-refractivity contribution < 1.29 is 22.5 Å². The Morgan fingerprint density at radius 2 is 2.11 bits per heavy atom. The van der Waals surface area contributed by atoms with Crippen LogP contribution < -0.4 is 0 Å². The van der Waals surface area contributed by atoms with Crippen LogP contribution in [0.25, 0.3) is 0 Å². The lowest BCUT2D eigenvalue weighted by atomic mass is 10.0. The fraction of sp³-hybridized carbons (Fsp3) is 0.562. The van der Waals surface area contributed by atoms with Crippen molar-refractivity contribution in [3.8, 4) is 0 Å². The monoisotopic (exact) mass is 395 g/mol. The third-order valence-corrected chi connectivity index (χ3v) is 7.17. The number of aromatic amines is 1. The zero-order valence-electron chi connectivity index (χ0n) is 15.1. The van der Waals surface area contributed by atoms with Crippen molar-refractivity contribution in [3.05, 3.63) is 29.7 Å². The molecule has 2 saturated heterocycles. The van der Waals surface area contributed by atoms with Gasteiger partial charge in [0.2, 0.25) is 10.0 Å². The van der Waals surface area contributed by atoms with Gasteiger partial charge in [-0.25, -0.2) is 13.4 Å². The first kappa shape index (κ1) is 18.1. The second-order valence-corrected chi connectivity index (χ2v) is 8.81. The van der Waals surface area contributed by atoms with Gasteiger partial charge in [0.1, 0.15) is 16.2 Å². The molecule has 0 radical (unpaired) electrons. The molecule has 0 aromatic carbocycles. The highest BCUT2D eigenvalue weighted by Crippen LogP contribution is 2.33. The van der Waals surface area contributed by atoms with Crippen molar-refractivity contribution in [2.75, 3.05) is 32.8 Å². The first-order valence-corrected chi connectivity index (χ1v) is 10.1. The summed E-state index contributed by atoms with van der Waals surface area (Å²) in [4.78, 5) is 21.1. The molecule has 2 fully saturated rings. The van der Waals surface area contributed by atoms with E-state index in [4.69, 9.17) is 9.26 Å². The Labute approximate surface area is 156 Å². The van der Waals surface area contributed by atoms with Crippen LogP contribution in [0.3, 0.4) is 0 Å². The molecule has 11 heteroatoms. The summed E-state index contributed by atoms with van der Waals surface area (Å²) in [5, 5.41) is 3.75. The molecule has 4 heterocycles. The second kappa shape index (κ2) is 6.43. The quantitative estimate of drug-likeness (QED) is 0.794. The fourth-order valence-corrected chi connectivity index (χ4v) is 5.57. The second-order valence-electron chi connectivity index (χ2n) is 6.94. The summed E-state index contributed by atoms with van der Waals surface area (Å²) in [5.41, 5.74) is -0.374. The first-order valence-electron chi connectivity index (χ1n) is 8.68. The molecule has 0 aliphatic carbocycles. The Kier molecular flexibility index (Phi) is 4.32. The fourth-order valence-electron chi connectivity index (χ4n) is 3.78. The third kappa shape index (κ3) is 3.05. The standard InChI is InChI=1S/C16H21N5O5S/c1-11-13(12(2)26-19-11)27(23,24)21-7-8-25-16(10-21)3-6-20(9-16)15(22)14-17-4-5-18-14/h4-5H,3,6-10H2,1-2H3,(H,17,18). The van der Waals surface area contributed by atoms with E-state index in [1.807, 2.05) is 0 Å². The maximum atomic E-state index is 13.1. The first-order chi connectivity index (χ1) is 12.8. The summed E-state index contributed by atoms with van der Waals surface area (Å²) in [7, 11) is -3.75. The number of carbonyl (C=O) groups is 1. The lowest BCUT2D eigenvalue weighted by Gasteiger charge is -2.39. The summed E-state index contributed by atoms with van der Waals surface area (Å²) >= 11 is 0. The topological polar surface area (TPSA) is 122 Å². The van der Waals surface area contributed by atoms with E-state index in [1.165, 1.54) is 10.5 Å². The van der Waals surface area contributed by atoms with Crippen molar-refractivity contribution in [2.24, 2.45) is 0 Å². The maximum Gasteiger partial charge on any atom is 0.289 e. The minimum atomic E-state index is -3.75. The Hall–Kier alpha value is -2.24. The van der Waals surface area contributed by atoms with Crippen molar-refractivity contribution in [2.45, 2.75) is 30.8 Å². The minimum Gasteiger partial charge on any atom is -0.370 e. The summed E-state index contributed by atoms with van der Waals surface area (Å²) in [6.07, 6.45) is 3.68. The SMILES string of the molecule is Cc1noc(C)c1S(=O)(=O)N1CCOC2(CCN(C(=O)c3ncc[nH]3)C2)C1. The largest absolute Gasteiger partial charge is 0.370 e. The number of nitrogens with one attached hydrogen (secondary N) is 1. The molecule has 27 heavy (non-hydrogen) atoms. The Balaban J connectivity index is 1.54. The predicted octanol–water partition coefficient (Wildman–Crippen LogP) is 0.320. The molecule has 4 rings (SSSR count). The van der Waals surface area contributed by atoms with Crippen LogP contribution in [0.5, 0.6) is 0 Å². The Morgan fingerprint density at radius 3 is 2.78 bits per heavy atom. The van der Waals surface area contributed by atoms with E-state index in [9.17, 15) is 13.2 Å². The highest BCUT2D eigenvalue weighted by atomic mass is 32.2. The van der Waals surface area contributed by atoms with Crippen LogP contribution in [0, 0.1) is 13.8 Å². The van der Waals surface area contributed by atoms with Gasteiger partial charge in [-0.15, -0.1) is 0 Å². The molecule has 2 aliphatic heterocycles. The summed E-state index contributed by atoms with van der Waals surface area (Å²) < 4.78 is 38.6. The zero-order chi connectivity index (χ0) is 19.2. The molecule has 2 aromatic heterocycles. The number of likely N-dealkylation sites (tertiary alicyclic amines) is 1. The number of hydrogen-bond acceptors (Lipinski definition) is 7. The third-order valence-electron chi connectivity index (χ3n) is 5.08.